The van der Waals surface area contributed by atoms with Crippen LogP contribution in [0.25, 0.3) is 6.08 Å². The van der Waals surface area contributed by atoms with Crippen LogP contribution in [0, 0.1) is 5.82 Å². The number of ketones is 1. The van der Waals surface area contributed by atoms with Gasteiger partial charge in [-0.3, -0.25) is 19.6 Å². The number of esters is 1. The lowest BCUT2D eigenvalue weighted by molar-refractivity contribution is -0.136. The summed E-state index contributed by atoms with van der Waals surface area (Å²) in [7, 11) is 1.29. The molecule has 15 heteroatoms. The number of allylic oxidation sites excluding steroid dienone is 1. The zero-order valence-corrected chi connectivity index (χ0v) is 26.1. The number of anilines is 1. The third-order valence-corrected chi connectivity index (χ3v) is 9.55. The van der Waals surface area contributed by atoms with Crippen molar-refractivity contribution in [2.45, 2.75) is 19.0 Å². The summed E-state index contributed by atoms with van der Waals surface area (Å²) in [6.45, 7) is 3.80. The molecule has 2 aromatic heterocycles. The van der Waals surface area contributed by atoms with Crippen molar-refractivity contribution < 1.29 is 23.5 Å². The van der Waals surface area contributed by atoms with Crippen LogP contribution in [0.4, 0.5) is 14.3 Å². The number of amides is 2. The van der Waals surface area contributed by atoms with Gasteiger partial charge in [0, 0.05) is 54.4 Å². The molecule has 5 heterocycles. The Hall–Kier alpha value is -3.98. The lowest BCUT2D eigenvalue weighted by Gasteiger charge is -2.38. The minimum Gasteiger partial charge on any atom is -0.466 e. The SMILES string of the molecule is COC(=O)C1=C(CN2CCN3C(=O)N(c4nc(/C=C/C(C)=O)cs4)C[C@@H]3C2)NC(c2nccs2)=N[C@H]1c1cccc(F)c1Cl. The van der Waals surface area contributed by atoms with Gasteiger partial charge in [-0.2, -0.15) is 0 Å². The van der Waals surface area contributed by atoms with E-state index in [-0.39, 0.29) is 28.5 Å². The molecule has 11 nitrogen and oxygen atoms in total. The number of piperazine rings is 1. The van der Waals surface area contributed by atoms with Crippen molar-refractivity contribution in [2.75, 3.05) is 44.7 Å². The molecule has 0 radical (unpaired) electrons. The average molecular weight is 656 g/mol. The average Bonchev–Trinajstić information content (AvgIpc) is 3.78. The maximum atomic E-state index is 14.6. The van der Waals surface area contributed by atoms with Gasteiger partial charge in [0.1, 0.15) is 11.9 Å². The monoisotopic (exact) mass is 655 g/mol. The molecule has 3 aliphatic heterocycles. The first-order valence-corrected chi connectivity index (χ1v) is 15.8. The van der Waals surface area contributed by atoms with Crippen molar-refractivity contribution in [1.29, 1.82) is 0 Å². The first-order valence-electron chi connectivity index (χ1n) is 13.7. The molecule has 6 rings (SSSR count). The number of hydrogen-bond acceptors (Lipinski definition) is 11. The Morgan fingerprint density at radius 2 is 2.09 bits per heavy atom. The second kappa shape index (κ2) is 12.6. The van der Waals surface area contributed by atoms with Crippen LogP contribution in [0.3, 0.4) is 0 Å². The van der Waals surface area contributed by atoms with Crippen LogP contribution in [-0.4, -0.2) is 89.3 Å². The Morgan fingerprint density at radius 1 is 1.25 bits per heavy atom. The van der Waals surface area contributed by atoms with Gasteiger partial charge in [-0.05, 0) is 25.1 Å². The van der Waals surface area contributed by atoms with Crippen LogP contribution in [0.1, 0.15) is 29.2 Å². The van der Waals surface area contributed by atoms with E-state index in [9.17, 15) is 18.8 Å². The maximum absolute atomic E-state index is 14.6. The first-order chi connectivity index (χ1) is 21.2. The molecule has 228 valence electrons. The number of benzene rings is 1. The molecule has 3 aromatic rings. The summed E-state index contributed by atoms with van der Waals surface area (Å²) in [4.78, 5) is 57.2. The van der Waals surface area contributed by atoms with Crippen LogP contribution < -0.4 is 10.2 Å². The molecule has 0 aliphatic carbocycles. The minimum atomic E-state index is -0.929. The Kier molecular flexibility index (Phi) is 8.58. The number of ether oxygens (including phenoxy) is 1. The Balaban J connectivity index is 1.27. The van der Waals surface area contributed by atoms with Crippen molar-refractivity contribution >= 4 is 69.1 Å². The van der Waals surface area contributed by atoms with Crippen molar-refractivity contribution in [3.63, 3.8) is 0 Å². The van der Waals surface area contributed by atoms with E-state index in [1.165, 1.54) is 54.9 Å². The van der Waals surface area contributed by atoms with Crippen molar-refractivity contribution in [2.24, 2.45) is 4.99 Å². The van der Waals surface area contributed by atoms with E-state index in [0.717, 1.165) is 0 Å². The fraction of sp³-hybridized carbons (Fsp3) is 0.310. The van der Waals surface area contributed by atoms with E-state index in [2.05, 4.69) is 20.2 Å². The fourth-order valence-electron chi connectivity index (χ4n) is 5.45. The van der Waals surface area contributed by atoms with E-state index in [1.807, 2.05) is 15.7 Å². The second-order valence-corrected chi connectivity index (χ2v) is 12.5. The first kappa shape index (κ1) is 30.1. The number of carbonyl (C=O) groups excluding carboxylic acids is 3. The number of hydrogen-bond donors (Lipinski definition) is 1. The number of amidine groups is 1. The number of fused-ring (bicyclic) bond motifs is 1. The molecular weight excluding hydrogens is 629 g/mol. The molecule has 2 atom stereocenters. The quantitative estimate of drug-likeness (QED) is 0.284. The fourth-order valence-corrected chi connectivity index (χ4v) is 7.07. The largest absolute Gasteiger partial charge is 0.466 e. The van der Waals surface area contributed by atoms with Gasteiger partial charge in [-0.15, -0.1) is 22.7 Å². The standard InChI is InChI=1S/C29H27ClFN7O4S2/c1-16(39)6-7-17-15-44-28(33-17)38-13-18-12-36(9-10-37(18)29(38)41)14-21-22(27(40)42-2)24(19-4-3-5-20(31)23(19)30)35-25(34-21)26-32-8-11-43-26/h3-8,11,15,18,24H,9-10,12-14H2,1-2H3,(H,34,35)/b7-6+/t18-,24-/m0/s1. The molecule has 0 bridgehead atoms. The number of nitrogens with zero attached hydrogens (tertiary/aromatic N) is 6. The Bertz CT molecular complexity index is 1710. The smallest absolute Gasteiger partial charge is 0.338 e. The van der Waals surface area contributed by atoms with Gasteiger partial charge in [-0.25, -0.2) is 23.9 Å². The molecule has 2 amide bonds. The predicted octanol–water partition coefficient (Wildman–Crippen LogP) is 4.14. The predicted molar refractivity (Wildman–Crippen MR) is 166 cm³/mol. The molecule has 0 saturated carbocycles. The molecule has 0 spiro atoms. The summed E-state index contributed by atoms with van der Waals surface area (Å²) in [6, 6.07) is 3.27. The normalized spacial score (nSPS) is 20.6. The summed E-state index contributed by atoms with van der Waals surface area (Å²) < 4.78 is 19.7. The summed E-state index contributed by atoms with van der Waals surface area (Å²) in [6.07, 6.45) is 4.73. The van der Waals surface area contributed by atoms with Crippen molar-refractivity contribution in [3.05, 3.63) is 79.6 Å². The second-order valence-electron chi connectivity index (χ2n) is 10.3. The summed E-state index contributed by atoms with van der Waals surface area (Å²) in [5.74, 6) is -0.873. The maximum Gasteiger partial charge on any atom is 0.338 e. The van der Waals surface area contributed by atoms with E-state index in [0.29, 0.717) is 65.7 Å². The molecule has 2 saturated heterocycles. The number of aromatic nitrogens is 2. The van der Waals surface area contributed by atoms with E-state index in [4.69, 9.17) is 21.3 Å². The molecule has 3 aliphatic rings. The number of aliphatic imine (C=N–C) groups is 1. The highest BCUT2D eigenvalue weighted by molar-refractivity contribution is 7.14. The highest BCUT2D eigenvalue weighted by atomic mass is 35.5. The number of rotatable bonds is 8. The molecule has 2 fully saturated rings. The highest BCUT2D eigenvalue weighted by Gasteiger charge is 2.43. The third kappa shape index (κ3) is 5.89. The number of halogens is 2. The molecular formula is C29H27ClFN7O4S2. The van der Waals surface area contributed by atoms with Gasteiger partial charge in [-0.1, -0.05) is 23.7 Å². The number of nitrogens with one attached hydrogen (secondary N) is 1. The molecule has 0 unspecified atom stereocenters. The topological polar surface area (TPSA) is 120 Å². The van der Waals surface area contributed by atoms with Crippen LogP contribution in [0.5, 0.6) is 0 Å². The highest BCUT2D eigenvalue weighted by Crippen LogP contribution is 2.38. The van der Waals surface area contributed by atoms with Crippen molar-refractivity contribution in [1.82, 2.24) is 25.1 Å². The van der Waals surface area contributed by atoms with Gasteiger partial charge < -0.3 is 15.0 Å². The number of carbonyl (C=O) groups is 3. The molecule has 1 N–H and O–H groups in total. The summed E-state index contributed by atoms with van der Waals surface area (Å²) in [5, 5.41) is 7.97. The van der Waals surface area contributed by atoms with Gasteiger partial charge in [0.2, 0.25) is 0 Å². The van der Waals surface area contributed by atoms with E-state index < -0.39 is 17.8 Å². The number of thiazole rings is 2. The molecule has 1 aromatic carbocycles. The van der Waals surface area contributed by atoms with Crippen LogP contribution >= 0.6 is 34.3 Å². The van der Waals surface area contributed by atoms with Gasteiger partial charge in [0.15, 0.2) is 21.8 Å². The lowest BCUT2D eigenvalue weighted by atomic mass is 9.95. The van der Waals surface area contributed by atoms with Gasteiger partial charge in [0.25, 0.3) is 0 Å². The zero-order valence-electron chi connectivity index (χ0n) is 23.7. The number of methoxy groups -OCH3 is 1. The van der Waals surface area contributed by atoms with Gasteiger partial charge >= 0.3 is 12.0 Å². The lowest BCUT2D eigenvalue weighted by Crippen LogP contribution is -2.53. The summed E-state index contributed by atoms with van der Waals surface area (Å²) in [5.41, 5.74) is 1.72. The van der Waals surface area contributed by atoms with E-state index >= 15 is 0 Å². The Morgan fingerprint density at radius 3 is 2.84 bits per heavy atom. The van der Waals surface area contributed by atoms with Crippen LogP contribution in [0.2, 0.25) is 5.02 Å². The van der Waals surface area contributed by atoms with Crippen molar-refractivity contribution in [3.8, 4) is 0 Å². The summed E-state index contributed by atoms with van der Waals surface area (Å²) >= 11 is 9.12. The number of urea groups is 1. The van der Waals surface area contributed by atoms with Crippen LogP contribution in [0.15, 0.2) is 57.5 Å². The third-order valence-electron chi connectivity index (χ3n) is 7.49. The van der Waals surface area contributed by atoms with Crippen LogP contribution in [-0.2, 0) is 14.3 Å². The van der Waals surface area contributed by atoms with E-state index in [1.54, 1.807) is 23.2 Å². The Labute approximate surface area is 265 Å². The molecule has 44 heavy (non-hydrogen) atoms. The zero-order chi connectivity index (χ0) is 31.0. The minimum absolute atomic E-state index is 0.0812. The van der Waals surface area contributed by atoms with Gasteiger partial charge in [0.05, 0.1) is 36.0 Å².